The Hall–Kier alpha value is -1.55. The molecule has 0 saturated heterocycles. The predicted molar refractivity (Wildman–Crippen MR) is 90.6 cm³/mol. The molecule has 1 fully saturated rings. The number of ether oxygens (including phenoxy) is 1. The Kier molecular flexibility index (Phi) is 5.04. The first-order valence-corrected chi connectivity index (χ1v) is 8.31. The Morgan fingerprint density at radius 3 is 2.48 bits per heavy atom. The molecule has 5 heteroatoms. The first-order valence-electron chi connectivity index (χ1n) is 7.93. The molecule has 1 aliphatic rings. The Labute approximate surface area is 142 Å². The summed E-state index contributed by atoms with van der Waals surface area (Å²) in [6.07, 6.45) is 2.20. The molecule has 0 spiro atoms. The predicted octanol–water partition coefficient (Wildman–Crippen LogP) is 4.55. The minimum absolute atomic E-state index is 0.0187. The van der Waals surface area contributed by atoms with Crippen molar-refractivity contribution in [3.05, 3.63) is 34.9 Å². The van der Waals surface area contributed by atoms with Crippen LogP contribution in [0.25, 0.3) is 0 Å². The summed E-state index contributed by atoms with van der Waals surface area (Å²) in [6.45, 7) is 5.43. The van der Waals surface area contributed by atoms with Crippen LogP contribution in [-0.2, 0) is 15.1 Å². The van der Waals surface area contributed by atoms with Gasteiger partial charge in [-0.15, -0.1) is 0 Å². The molecule has 0 aromatic heterocycles. The number of hydrogen-bond acceptors (Lipinski definition) is 3. The van der Waals surface area contributed by atoms with Gasteiger partial charge in [0, 0.05) is 24.1 Å². The number of carbonyl (C=O) groups is 2. The zero-order valence-corrected chi connectivity index (χ0v) is 14.9. The van der Waals surface area contributed by atoms with E-state index in [1.165, 1.54) is 4.90 Å². The van der Waals surface area contributed by atoms with Crippen LogP contribution in [0.15, 0.2) is 24.3 Å². The van der Waals surface area contributed by atoms with Gasteiger partial charge in [0.2, 0.25) is 0 Å². The first kappa shape index (κ1) is 17.8. The molecule has 126 valence electrons. The third kappa shape index (κ3) is 3.52. The Morgan fingerprint density at radius 2 is 1.91 bits per heavy atom. The van der Waals surface area contributed by atoms with E-state index in [0.717, 1.165) is 12.8 Å². The van der Waals surface area contributed by atoms with E-state index in [1.807, 2.05) is 39.0 Å². The largest absolute Gasteiger partial charge is 0.444 e. The zero-order valence-electron chi connectivity index (χ0n) is 14.2. The van der Waals surface area contributed by atoms with Crippen LogP contribution in [-0.4, -0.2) is 29.4 Å². The molecule has 1 aliphatic carbocycles. The fourth-order valence-electron chi connectivity index (χ4n) is 3.12. The average Bonchev–Trinajstić information content (AvgIpc) is 2.46. The standard InChI is InChI=1S/C18H24ClNO3/c1-17(2,3)23-16(22)20(4)18(12-8-7-11-15(18)21)13-9-5-6-10-14(13)19/h5-6,9-10H,7-8,11-12H2,1-4H3/t18-/m0/s1. The molecule has 1 amide bonds. The van der Waals surface area contributed by atoms with Crippen molar-refractivity contribution >= 4 is 23.5 Å². The van der Waals surface area contributed by atoms with Crippen molar-refractivity contribution in [1.29, 1.82) is 0 Å². The molecule has 4 nitrogen and oxygen atoms in total. The maximum atomic E-state index is 12.9. The van der Waals surface area contributed by atoms with Gasteiger partial charge in [-0.2, -0.15) is 0 Å². The van der Waals surface area contributed by atoms with E-state index in [-0.39, 0.29) is 5.78 Å². The lowest BCUT2D eigenvalue weighted by molar-refractivity contribution is -0.134. The van der Waals surface area contributed by atoms with E-state index in [2.05, 4.69) is 0 Å². The number of carbonyl (C=O) groups excluding carboxylic acids is 2. The summed E-state index contributed by atoms with van der Waals surface area (Å²) in [5, 5.41) is 0.498. The van der Waals surface area contributed by atoms with Gasteiger partial charge in [0.15, 0.2) is 5.78 Å². The molecule has 1 aromatic carbocycles. The highest BCUT2D eigenvalue weighted by atomic mass is 35.5. The number of likely N-dealkylation sites (N-methyl/N-ethyl adjacent to an activating group) is 1. The molecular weight excluding hydrogens is 314 g/mol. The summed E-state index contributed by atoms with van der Waals surface area (Å²) in [7, 11) is 1.63. The minimum Gasteiger partial charge on any atom is -0.444 e. The number of ketones is 1. The first-order chi connectivity index (χ1) is 10.7. The topological polar surface area (TPSA) is 46.6 Å². The number of benzene rings is 1. The zero-order chi connectivity index (χ0) is 17.3. The number of rotatable bonds is 2. The summed E-state index contributed by atoms with van der Waals surface area (Å²) in [6, 6.07) is 7.24. The van der Waals surface area contributed by atoms with Gasteiger partial charge in [0.25, 0.3) is 0 Å². The second-order valence-electron chi connectivity index (χ2n) is 7.01. The van der Waals surface area contributed by atoms with Gasteiger partial charge in [0.05, 0.1) is 0 Å². The third-order valence-electron chi connectivity index (χ3n) is 4.21. The van der Waals surface area contributed by atoms with Gasteiger partial charge in [-0.25, -0.2) is 4.79 Å². The number of hydrogen-bond donors (Lipinski definition) is 0. The third-order valence-corrected chi connectivity index (χ3v) is 4.54. The van der Waals surface area contributed by atoms with Crippen LogP contribution in [0.1, 0.15) is 52.0 Å². The second kappa shape index (κ2) is 6.52. The highest BCUT2D eigenvalue weighted by molar-refractivity contribution is 6.31. The number of halogens is 1. The van der Waals surface area contributed by atoms with Gasteiger partial charge < -0.3 is 4.74 Å². The summed E-state index contributed by atoms with van der Waals surface area (Å²) < 4.78 is 5.48. The van der Waals surface area contributed by atoms with E-state index in [1.54, 1.807) is 13.1 Å². The van der Waals surface area contributed by atoms with Crippen molar-refractivity contribution in [3.63, 3.8) is 0 Å². The van der Waals surface area contributed by atoms with Gasteiger partial charge >= 0.3 is 6.09 Å². The Balaban J connectivity index is 2.49. The fraction of sp³-hybridized carbons (Fsp3) is 0.556. The van der Waals surface area contributed by atoms with Crippen molar-refractivity contribution in [1.82, 2.24) is 4.90 Å². The molecule has 1 atom stereocenters. The monoisotopic (exact) mass is 337 g/mol. The summed E-state index contributed by atoms with van der Waals surface area (Å²) >= 11 is 6.36. The summed E-state index contributed by atoms with van der Waals surface area (Å²) in [4.78, 5) is 26.9. The van der Waals surface area contributed by atoms with Crippen molar-refractivity contribution < 1.29 is 14.3 Å². The van der Waals surface area contributed by atoms with Gasteiger partial charge in [-0.05, 0) is 46.1 Å². The number of nitrogens with zero attached hydrogens (tertiary/aromatic N) is 1. The molecule has 0 unspecified atom stereocenters. The van der Waals surface area contributed by atoms with Crippen molar-refractivity contribution in [2.24, 2.45) is 0 Å². The molecular formula is C18H24ClNO3. The van der Waals surface area contributed by atoms with E-state index >= 15 is 0 Å². The van der Waals surface area contributed by atoms with Crippen molar-refractivity contribution in [2.75, 3.05) is 7.05 Å². The van der Waals surface area contributed by atoms with E-state index in [9.17, 15) is 9.59 Å². The van der Waals surface area contributed by atoms with Gasteiger partial charge in [-0.3, -0.25) is 9.69 Å². The minimum atomic E-state index is -1.04. The molecule has 0 aliphatic heterocycles. The van der Waals surface area contributed by atoms with E-state index in [4.69, 9.17) is 16.3 Å². The summed E-state index contributed by atoms with van der Waals surface area (Å²) in [5.41, 5.74) is -0.983. The van der Waals surface area contributed by atoms with Gasteiger partial charge in [-0.1, -0.05) is 29.8 Å². The van der Waals surface area contributed by atoms with Crippen LogP contribution in [0.5, 0.6) is 0 Å². The molecule has 0 N–H and O–H groups in total. The number of amides is 1. The van der Waals surface area contributed by atoms with Crippen molar-refractivity contribution in [2.45, 2.75) is 57.6 Å². The van der Waals surface area contributed by atoms with Crippen molar-refractivity contribution in [3.8, 4) is 0 Å². The normalized spacial score (nSPS) is 21.9. The van der Waals surface area contributed by atoms with E-state index < -0.39 is 17.2 Å². The maximum absolute atomic E-state index is 12.9. The molecule has 0 radical (unpaired) electrons. The Morgan fingerprint density at radius 1 is 1.26 bits per heavy atom. The van der Waals surface area contributed by atoms with Crippen LogP contribution in [0.3, 0.4) is 0 Å². The van der Waals surface area contributed by atoms with E-state index in [0.29, 0.717) is 23.4 Å². The lowest BCUT2D eigenvalue weighted by Gasteiger charge is -2.44. The molecule has 1 saturated carbocycles. The smallest absolute Gasteiger partial charge is 0.411 e. The highest BCUT2D eigenvalue weighted by Gasteiger charge is 2.49. The number of Topliss-reactive ketones (excluding diaryl/α,β-unsaturated/α-hetero) is 1. The molecule has 0 bridgehead atoms. The second-order valence-corrected chi connectivity index (χ2v) is 7.42. The van der Waals surface area contributed by atoms with Crippen LogP contribution < -0.4 is 0 Å². The maximum Gasteiger partial charge on any atom is 0.411 e. The summed E-state index contributed by atoms with van der Waals surface area (Å²) in [5.74, 6) is 0.0187. The van der Waals surface area contributed by atoms with Crippen LogP contribution in [0.2, 0.25) is 5.02 Å². The lowest BCUT2D eigenvalue weighted by Crippen LogP contribution is -2.55. The average molecular weight is 338 g/mol. The Bertz CT molecular complexity index is 609. The van der Waals surface area contributed by atoms with Crippen LogP contribution in [0, 0.1) is 0 Å². The lowest BCUT2D eigenvalue weighted by atomic mass is 9.74. The molecule has 2 rings (SSSR count). The quantitative estimate of drug-likeness (QED) is 0.795. The van der Waals surface area contributed by atoms with Gasteiger partial charge in [0.1, 0.15) is 11.1 Å². The SMILES string of the molecule is CN(C(=O)OC(C)(C)C)[C@]1(c2ccccc2Cl)CCCCC1=O. The fourth-order valence-corrected chi connectivity index (χ4v) is 3.41. The van der Waals surface area contributed by atoms with Crippen LogP contribution >= 0.6 is 11.6 Å². The molecule has 0 heterocycles. The van der Waals surface area contributed by atoms with Crippen LogP contribution in [0.4, 0.5) is 4.79 Å². The molecule has 1 aromatic rings. The highest BCUT2D eigenvalue weighted by Crippen LogP contribution is 2.42. The molecule has 23 heavy (non-hydrogen) atoms.